The van der Waals surface area contributed by atoms with E-state index in [1.165, 1.54) is 10.6 Å². The van der Waals surface area contributed by atoms with Crippen LogP contribution in [0.5, 0.6) is 11.8 Å². The second-order valence-electron chi connectivity index (χ2n) is 31.5. The Morgan fingerprint density at radius 3 is 1.09 bits per heavy atom. The first-order valence-corrected chi connectivity index (χ1v) is 40.5. The monoisotopic (exact) mass is 1760 g/mol. The number of benzene rings is 5. The summed E-state index contributed by atoms with van der Waals surface area (Å²) in [6.07, 6.45) is -11.5. The number of ether oxygens (including phenoxy) is 7. The Kier molecular flexibility index (Phi) is 29.3. The van der Waals surface area contributed by atoms with Crippen LogP contribution in [0.25, 0.3) is 88.1 Å². The Labute approximate surface area is 733 Å². The Morgan fingerprint density at radius 2 is 0.760 bits per heavy atom. The highest BCUT2D eigenvalue weighted by atomic mass is 16.6. The van der Waals surface area contributed by atoms with Gasteiger partial charge in [-0.1, -0.05) is 77.7 Å². The SMILES string of the molecule is CC(C)(C)OC(=O)n1ccc(-c2cc(C#C[C@H]3O[C@H](CO)[C@@H](O)[C@H](O)[C@@H]3O)c3[nH]ncc3c2)c1.COc1ccc(-c2cc(C#C[C@H]3O[C@H](CO)[C@@H](O)[C@H](O)[C@@H]3O)c3[nH]ncc3c2)cn1.O=c1ccc(-c2cc(C#C[C@H]3O[C@H](CO)[C@@H](O)[C@H](O)[C@@H]3O)c3[nH]ncc3c2)c[nH]1.OC[C@H]1O[C@H](C#Cc2cc(-c3ccc(OCc4ccccc4)nc3)cc3cn[nH]c23)[C@@H](O)[C@@H](O)[C@@H]1O. The lowest BCUT2D eigenvalue weighted by Crippen LogP contribution is -2.58. The maximum atomic E-state index is 12.4. The second-order valence-corrected chi connectivity index (χ2v) is 31.5. The van der Waals surface area contributed by atoms with Crippen LogP contribution in [0.3, 0.4) is 0 Å². The van der Waals surface area contributed by atoms with Crippen molar-refractivity contribution in [3.63, 3.8) is 0 Å². The summed E-state index contributed by atoms with van der Waals surface area (Å²) < 4.78 is 39.5. The lowest BCUT2D eigenvalue weighted by Gasteiger charge is -2.37. The summed E-state index contributed by atoms with van der Waals surface area (Å²) in [5.41, 5.74) is 11.8. The van der Waals surface area contributed by atoms with Gasteiger partial charge in [0, 0.05) is 87.4 Å². The van der Waals surface area contributed by atoms with Crippen molar-refractivity contribution < 1.29 is 120 Å². The molecule has 21 N–H and O–H groups in total. The third kappa shape index (κ3) is 21.4. The van der Waals surface area contributed by atoms with Crippen LogP contribution in [0.4, 0.5) is 4.79 Å². The third-order valence-corrected chi connectivity index (χ3v) is 21.5. The molecule has 4 aliphatic rings. The highest BCUT2D eigenvalue weighted by molar-refractivity contribution is 5.93. The van der Waals surface area contributed by atoms with E-state index in [1.807, 2.05) is 78.9 Å². The fourth-order valence-electron chi connectivity index (χ4n) is 14.4. The van der Waals surface area contributed by atoms with Gasteiger partial charge in [-0.25, -0.2) is 14.8 Å². The first-order chi connectivity index (χ1) is 62.1. The van der Waals surface area contributed by atoms with Gasteiger partial charge in [0.1, 0.15) is 134 Å². The van der Waals surface area contributed by atoms with E-state index < -0.39 is 160 Å². The van der Waals surface area contributed by atoms with Crippen molar-refractivity contribution in [2.24, 2.45) is 0 Å². The molecule has 670 valence electrons. The summed E-state index contributed by atoms with van der Waals surface area (Å²) in [5.74, 6) is 24.0. The molecule has 5 aromatic carbocycles. The van der Waals surface area contributed by atoms with Crippen LogP contribution in [0, 0.1) is 47.4 Å². The Bertz CT molecular complexity index is 6360. The molecule has 0 saturated carbocycles. The molecule has 0 spiro atoms. The molecule has 12 heterocycles. The van der Waals surface area contributed by atoms with Crippen molar-refractivity contribution >= 4 is 49.7 Å². The number of aromatic nitrogens is 12. The van der Waals surface area contributed by atoms with Crippen LogP contribution < -0.4 is 15.0 Å². The number of pyridine rings is 3. The van der Waals surface area contributed by atoms with Gasteiger partial charge in [0.15, 0.2) is 0 Å². The van der Waals surface area contributed by atoms with Crippen LogP contribution in [0.15, 0.2) is 182 Å². The topological polar surface area (TPSA) is 584 Å². The zero-order valence-electron chi connectivity index (χ0n) is 69.3. The fraction of sp³-hybridized carbons (Fsp3) is 0.326. The lowest BCUT2D eigenvalue weighted by molar-refractivity contribution is -0.214. The maximum Gasteiger partial charge on any atom is 0.418 e. The minimum absolute atomic E-state index is 0.208. The minimum Gasteiger partial charge on any atom is -0.481 e. The quantitative estimate of drug-likeness (QED) is 0.0768. The van der Waals surface area contributed by atoms with Gasteiger partial charge in [-0.15, -0.1) is 0 Å². The minimum atomic E-state index is -1.50. The number of H-pyrrole nitrogens is 5. The molecule has 0 aliphatic carbocycles. The van der Waals surface area contributed by atoms with Gasteiger partial charge in [0.25, 0.3) is 0 Å². The van der Waals surface area contributed by atoms with E-state index in [1.54, 1.807) is 120 Å². The molecule has 0 bridgehead atoms. The van der Waals surface area contributed by atoms with E-state index in [-0.39, 0.29) is 5.56 Å². The van der Waals surface area contributed by atoms with Gasteiger partial charge >= 0.3 is 6.09 Å². The smallest absolute Gasteiger partial charge is 0.418 e. The molecular weight excluding hydrogens is 1670 g/mol. The molecule has 20 atom stereocenters. The molecule has 0 unspecified atom stereocenters. The molecule has 129 heavy (non-hydrogen) atoms. The van der Waals surface area contributed by atoms with E-state index in [0.29, 0.717) is 62.7 Å². The number of aliphatic hydroxyl groups excluding tert-OH is 16. The van der Waals surface area contributed by atoms with Crippen LogP contribution in [-0.4, -0.2) is 309 Å². The fourth-order valence-corrected chi connectivity index (χ4v) is 14.4. The van der Waals surface area contributed by atoms with Gasteiger partial charge in [-0.05, 0) is 127 Å². The number of rotatable bonds is 12. The normalized spacial score (nSPS) is 25.4. The van der Waals surface area contributed by atoms with Gasteiger partial charge in [-0.2, -0.15) is 20.4 Å². The molecule has 4 fully saturated rings. The van der Waals surface area contributed by atoms with Crippen molar-refractivity contribution in [1.29, 1.82) is 0 Å². The molecule has 8 aromatic heterocycles. The van der Waals surface area contributed by atoms with Gasteiger partial charge in [0.05, 0.1) is 103 Å². The Morgan fingerprint density at radius 1 is 0.411 bits per heavy atom. The number of aromatic amines is 5. The molecule has 37 heteroatoms. The van der Waals surface area contributed by atoms with Crippen molar-refractivity contribution in [3.8, 4) is 104 Å². The molecule has 17 rings (SSSR count). The van der Waals surface area contributed by atoms with E-state index in [9.17, 15) is 91.3 Å². The van der Waals surface area contributed by atoms with Crippen molar-refractivity contribution in [3.05, 3.63) is 215 Å². The second kappa shape index (κ2) is 41.0. The zero-order chi connectivity index (χ0) is 91.5. The number of hydrogen-bond donors (Lipinski definition) is 21. The first-order valence-electron chi connectivity index (χ1n) is 40.5. The lowest BCUT2D eigenvalue weighted by atomic mass is 9.95. The molecule has 13 aromatic rings. The molecule has 37 nitrogen and oxygen atoms in total. The number of carbonyl (C=O) groups is 1. The number of hydrogen-bond acceptors (Lipinski definition) is 31. The highest BCUT2D eigenvalue weighted by Gasteiger charge is 2.46. The standard InChI is InChI=1S/C27H25N3O6.C24H27N3O7.C21H21N3O6.C20H19N3O6/c31-14-22-26(33)27(34)25(32)21(36-22)8-6-17-10-19(11-20-13-29-30-24(17)20)18-7-9-23(28-12-18)35-15-16-4-2-1-3-5-16;1-24(2,3)34-23(32)27-7-6-14(11-27)15-8-13(19-16(9-15)10-25-26-19)4-5-17-20(29)22(31)21(30)18(12-28)33-17;1-29-17-5-3-12(8-22-17)13-6-11(18-14(7-13)9-23-24-18)2-4-15-19(26)21(28)20(27)16(10-25)30-15;24-9-15-19(27)20(28)18(26)14(29-15)3-1-10-5-12(6-13-8-22-23-17(10)13)11-2-4-16(25)21-7-11/h1-5,7,9-13,21-22,25-27,31-34H,14-15H2,(H,29,30);6-11,17-18,20-22,28-31H,12H2,1-3H3,(H,25,26);3,5-9,15-16,19-21,25-28H,10H2,1H3,(H,23,24);2,4-8,14-15,18-20,24,26-28H,9H2,(H,21,25)(H,22,23)/t21-,22-,25-,26-,27-;17-,18-,20-,21-,22-;15-,16-,19-,20-,21-;14-,15-,18-,19-,20-/m1111/s1. The van der Waals surface area contributed by atoms with E-state index in [2.05, 4.69) is 103 Å². The number of nitrogens with one attached hydrogen (secondary N) is 5. The Balaban J connectivity index is 0.000000139. The van der Waals surface area contributed by atoms with Crippen molar-refractivity contribution in [2.75, 3.05) is 33.5 Å². The third-order valence-electron chi connectivity index (χ3n) is 21.5. The van der Waals surface area contributed by atoms with Crippen molar-refractivity contribution in [1.82, 2.24) is 60.3 Å². The number of nitrogens with zero attached hydrogens (tertiary/aromatic N) is 7. The van der Waals surface area contributed by atoms with Crippen LogP contribution in [0.2, 0.25) is 0 Å². The summed E-state index contributed by atoms with van der Waals surface area (Å²) in [6, 6.07) is 37.1. The van der Waals surface area contributed by atoms with Crippen LogP contribution in [0.1, 0.15) is 48.6 Å². The van der Waals surface area contributed by atoms with E-state index >= 15 is 0 Å². The maximum absolute atomic E-state index is 12.4. The van der Waals surface area contributed by atoms with Gasteiger partial charge < -0.3 is 120 Å². The first kappa shape index (κ1) is 92.2. The predicted molar refractivity (Wildman–Crippen MR) is 462 cm³/mol. The number of methoxy groups -OCH3 is 1. The summed E-state index contributed by atoms with van der Waals surface area (Å²) in [5, 5.41) is 189. The Hall–Kier alpha value is -13.0. The molecule has 4 saturated heterocycles. The predicted octanol–water partition coefficient (Wildman–Crippen LogP) is 1.35. The average Bonchev–Trinajstić information content (AvgIpc) is 1.56. The largest absolute Gasteiger partial charge is 0.481 e. The summed E-state index contributed by atoms with van der Waals surface area (Å²) in [4.78, 5) is 34.9. The summed E-state index contributed by atoms with van der Waals surface area (Å²) in [7, 11) is 1.55. The zero-order valence-corrected chi connectivity index (χ0v) is 69.3. The molecule has 4 aliphatic heterocycles. The van der Waals surface area contributed by atoms with E-state index in [0.717, 1.165) is 71.6 Å². The van der Waals surface area contributed by atoms with Gasteiger partial charge in [-0.3, -0.25) is 29.8 Å². The van der Waals surface area contributed by atoms with E-state index in [4.69, 9.17) is 33.2 Å². The average molecular weight is 1770 g/mol. The van der Waals surface area contributed by atoms with Gasteiger partial charge in [0.2, 0.25) is 17.3 Å². The highest BCUT2D eigenvalue weighted by Crippen LogP contribution is 2.34. The molecule has 0 amide bonds. The number of aliphatic hydroxyl groups is 16. The number of carbonyl (C=O) groups excluding carboxylic acids is 1. The summed E-state index contributed by atoms with van der Waals surface area (Å²) >= 11 is 0. The van der Waals surface area contributed by atoms with Crippen LogP contribution in [-0.2, 0) is 30.3 Å². The summed E-state index contributed by atoms with van der Waals surface area (Å²) in [6.45, 7) is 3.74. The van der Waals surface area contributed by atoms with Crippen LogP contribution >= 0.6 is 0 Å². The molecular formula is C92H92N12O25. The van der Waals surface area contributed by atoms with Crippen molar-refractivity contribution in [2.45, 2.75) is 155 Å². The number of fused-ring (bicyclic) bond motifs is 4. The molecule has 0 radical (unpaired) electrons.